The fourth-order valence-electron chi connectivity index (χ4n) is 2.92. The second kappa shape index (κ2) is 14.8. The molecule has 1 aliphatic heterocycles. The molecule has 0 saturated carbocycles. The third-order valence-electron chi connectivity index (χ3n) is 4.35. The van der Waals surface area contributed by atoms with Crippen LogP contribution in [-0.4, -0.2) is 63.0 Å². The van der Waals surface area contributed by atoms with Gasteiger partial charge < -0.3 is 25.0 Å². The van der Waals surface area contributed by atoms with Crippen molar-refractivity contribution in [3.63, 3.8) is 0 Å². The van der Waals surface area contributed by atoms with E-state index in [2.05, 4.69) is 51.5 Å². The highest BCUT2D eigenvalue weighted by molar-refractivity contribution is 14.0. The number of morpholine rings is 1. The monoisotopic (exact) mass is 505 g/mol. The summed E-state index contributed by atoms with van der Waals surface area (Å²) in [5.74, 6) is 1.86. The standard InChI is InChI=1S/C20H35N5O2.HI/c1-4-21-20(22-10-6-7-12-26-5-2)24-15-18-8-9-19(23-14-18)25-11-13-27-17(3)16-25;/h8-9,14,17H,4-7,10-13,15-16H2,1-3H3,(H2,21,22,24);1H. The summed E-state index contributed by atoms with van der Waals surface area (Å²) in [6.45, 7) is 12.7. The number of hydrogen-bond donors (Lipinski definition) is 2. The first-order valence-corrected chi connectivity index (χ1v) is 10.1. The molecule has 1 atom stereocenters. The topological polar surface area (TPSA) is 71.0 Å². The molecule has 2 heterocycles. The highest BCUT2D eigenvalue weighted by Gasteiger charge is 2.17. The number of rotatable bonds is 10. The number of halogens is 1. The Morgan fingerprint density at radius 1 is 1.32 bits per heavy atom. The third-order valence-corrected chi connectivity index (χ3v) is 4.35. The molecule has 2 N–H and O–H groups in total. The van der Waals surface area contributed by atoms with Crippen LogP contribution in [0, 0.1) is 0 Å². The third kappa shape index (κ3) is 9.38. The molecule has 1 fully saturated rings. The molecule has 0 spiro atoms. The molecule has 1 aliphatic rings. The first kappa shape index (κ1) is 24.9. The zero-order valence-corrected chi connectivity index (χ0v) is 19.8. The van der Waals surface area contributed by atoms with E-state index in [0.29, 0.717) is 6.54 Å². The van der Waals surface area contributed by atoms with Gasteiger partial charge in [-0.1, -0.05) is 6.07 Å². The van der Waals surface area contributed by atoms with Gasteiger partial charge in [0.25, 0.3) is 0 Å². The van der Waals surface area contributed by atoms with Crippen LogP contribution in [0.3, 0.4) is 0 Å². The minimum atomic E-state index is 0. The van der Waals surface area contributed by atoms with E-state index in [-0.39, 0.29) is 30.1 Å². The van der Waals surface area contributed by atoms with Crippen LogP contribution in [0.5, 0.6) is 0 Å². The SMILES string of the molecule is CCNC(=NCc1ccc(N2CCOC(C)C2)nc1)NCCCCOCC.I. The van der Waals surface area contributed by atoms with Gasteiger partial charge in [-0.3, -0.25) is 0 Å². The Kier molecular flexibility index (Phi) is 13.2. The van der Waals surface area contributed by atoms with Crippen molar-refractivity contribution in [1.29, 1.82) is 0 Å². The van der Waals surface area contributed by atoms with Crippen molar-refractivity contribution in [1.82, 2.24) is 15.6 Å². The number of anilines is 1. The Hall–Kier alpha value is -1.13. The van der Waals surface area contributed by atoms with Crippen molar-refractivity contribution in [3.8, 4) is 0 Å². The molecular formula is C20H36IN5O2. The Morgan fingerprint density at radius 3 is 2.86 bits per heavy atom. The molecule has 0 radical (unpaired) electrons. The quantitative estimate of drug-likeness (QED) is 0.221. The summed E-state index contributed by atoms with van der Waals surface area (Å²) in [6, 6.07) is 4.19. The highest BCUT2D eigenvalue weighted by Crippen LogP contribution is 2.15. The molecule has 8 heteroatoms. The summed E-state index contributed by atoms with van der Waals surface area (Å²) in [6.07, 6.45) is 4.31. The first-order valence-electron chi connectivity index (χ1n) is 10.1. The van der Waals surface area contributed by atoms with Crippen LogP contribution in [0.25, 0.3) is 0 Å². The fraction of sp³-hybridized carbons (Fsp3) is 0.700. The van der Waals surface area contributed by atoms with Gasteiger partial charge in [-0.25, -0.2) is 9.98 Å². The molecule has 2 rings (SSSR count). The molecule has 0 aliphatic carbocycles. The molecule has 1 unspecified atom stereocenters. The average Bonchev–Trinajstić information content (AvgIpc) is 2.69. The lowest BCUT2D eigenvalue weighted by molar-refractivity contribution is 0.0529. The summed E-state index contributed by atoms with van der Waals surface area (Å²) in [5.41, 5.74) is 1.11. The average molecular weight is 505 g/mol. The lowest BCUT2D eigenvalue weighted by Crippen LogP contribution is -2.41. The van der Waals surface area contributed by atoms with Crippen LogP contribution in [0.15, 0.2) is 23.3 Å². The maximum atomic E-state index is 5.59. The number of unbranched alkanes of at least 4 members (excludes halogenated alkanes) is 1. The predicted octanol–water partition coefficient (Wildman–Crippen LogP) is 2.80. The summed E-state index contributed by atoms with van der Waals surface area (Å²) < 4.78 is 11.0. The number of nitrogens with one attached hydrogen (secondary N) is 2. The van der Waals surface area contributed by atoms with Crippen LogP contribution in [0.2, 0.25) is 0 Å². The normalized spacial score (nSPS) is 17.2. The molecule has 0 aromatic carbocycles. The summed E-state index contributed by atoms with van der Waals surface area (Å²) in [7, 11) is 0. The van der Waals surface area contributed by atoms with Crippen LogP contribution in [-0.2, 0) is 16.0 Å². The second-order valence-electron chi connectivity index (χ2n) is 6.68. The van der Waals surface area contributed by atoms with Crippen LogP contribution in [0.4, 0.5) is 5.82 Å². The zero-order valence-electron chi connectivity index (χ0n) is 17.4. The van der Waals surface area contributed by atoms with Gasteiger partial charge in [-0.15, -0.1) is 24.0 Å². The van der Waals surface area contributed by atoms with Crippen molar-refractivity contribution >= 4 is 35.8 Å². The van der Waals surface area contributed by atoms with E-state index in [9.17, 15) is 0 Å². The van der Waals surface area contributed by atoms with E-state index >= 15 is 0 Å². The Labute approximate surface area is 186 Å². The number of pyridine rings is 1. The molecule has 1 aromatic heterocycles. The molecule has 160 valence electrons. The van der Waals surface area contributed by atoms with E-state index in [1.807, 2.05) is 13.1 Å². The lowest BCUT2D eigenvalue weighted by atomic mass is 10.2. The number of nitrogens with zero attached hydrogens (tertiary/aromatic N) is 3. The largest absolute Gasteiger partial charge is 0.382 e. The van der Waals surface area contributed by atoms with Gasteiger partial charge in [-0.05, 0) is 45.2 Å². The number of aromatic nitrogens is 1. The number of ether oxygens (including phenoxy) is 2. The van der Waals surface area contributed by atoms with Gasteiger partial charge in [0.2, 0.25) is 0 Å². The minimum absolute atomic E-state index is 0. The molecule has 1 saturated heterocycles. The van der Waals surface area contributed by atoms with Crippen molar-refractivity contribution in [2.24, 2.45) is 4.99 Å². The van der Waals surface area contributed by atoms with Crippen molar-refractivity contribution in [2.75, 3.05) is 50.9 Å². The van der Waals surface area contributed by atoms with Gasteiger partial charge >= 0.3 is 0 Å². The summed E-state index contributed by atoms with van der Waals surface area (Å²) >= 11 is 0. The molecule has 1 aromatic rings. The Balaban J connectivity index is 0.00000392. The Morgan fingerprint density at radius 2 is 2.18 bits per heavy atom. The maximum Gasteiger partial charge on any atom is 0.191 e. The highest BCUT2D eigenvalue weighted by atomic mass is 127. The number of guanidine groups is 1. The first-order chi connectivity index (χ1) is 13.2. The molecule has 0 amide bonds. The van der Waals surface area contributed by atoms with Gasteiger partial charge in [-0.2, -0.15) is 0 Å². The van der Waals surface area contributed by atoms with Crippen molar-refractivity contribution in [2.45, 2.75) is 46.3 Å². The molecule has 7 nitrogen and oxygen atoms in total. The molecule has 28 heavy (non-hydrogen) atoms. The lowest BCUT2D eigenvalue weighted by Gasteiger charge is -2.32. The summed E-state index contributed by atoms with van der Waals surface area (Å²) in [5, 5.41) is 6.66. The zero-order chi connectivity index (χ0) is 19.3. The van der Waals surface area contributed by atoms with Gasteiger partial charge in [0.1, 0.15) is 5.82 Å². The predicted molar refractivity (Wildman–Crippen MR) is 126 cm³/mol. The van der Waals surface area contributed by atoms with E-state index in [0.717, 1.165) is 76.2 Å². The Bertz CT molecular complexity index is 556. The van der Waals surface area contributed by atoms with Gasteiger partial charge in [0.05, 0.1) is 19.3 Å². The molecular weight excluding hydrogens is 469 g/mol. The maximum absolute atomic E-state index is 5.59. The van der Waals surface area contributed by atoms with E-state index in [1.165, 1.54) is 0 Å². The number of aliphatic imine (C=N–C) groups is 1. The van der Waals surface area contributed by atoms with Crippen molar-refractivity contribution < 1.29 is 9.47 Å². The van der Waals surface area contributed by atoms with E-state index in [1.54, 1.807) is 0 Å². The van der Waals surface area contributed by atoms with Crippen molar-refractivity contribution in [3.05, 3.63) is 23.9 Å². The van der Waals surface area contributed by atoms with E-state index < -0.39 is 0 Å². The van der Waals surface area contributed by atoms with E-state index in [4.69, 9.17) is 9.47 Å². The molecule has 0 bridgehead atoms. The van der Waals surface area contributed by atoms with Crippen LogP contribution < -0.4 is 15.5 Å². The second-order valence-corrected chi connectivity index (χ2v) is 6.68. The van der Waals surface area contributed by atoms with Crippen LogP contribution in [0.1, 0.15) is 39.2 Å². The fourth-order valence-corrected chi connectivity index (χ4v) is 2.92. The van der Waals surface area contributed by atoms with Crippen LogP contribution >= 0.6 is 24.0 Å². The smallest absolute Gasteiger partial charge is 0.191 e. The van der Waals surface area contributed by atoms with Gasteiger partial charge in [0, 0.05) is 45.6 Å². The summed E-state index contributed by atoms with van der Waals surface area (Å²) in [4.78, 5) is 11.5. The number of hydrogen-bond acceptors (Lipinski definition) is 5. The van der Waals surface area contributed by atoms with Gasteiger partial charge in [0.15, 0.2) is 5.96 Å². The minimum Gasteiger partial charge on any atom is -0.382 e.